The highest BCUT2D eigenvalue weighted by Crippen LogP contribution is 2.09. The Morgan fingerprint density at radius 2 is 2.12 bits per heavy atom. The lowest BCUT2D eigenvalue weighted by Crippen LogP contribution is -2.42. The molecule has 0 atom stereocenters. The van der Waals surface area contributed by atoms with Crippen molar-refractivity contribution >= 4 is 17.3 Å². The van der Waals surface area contributed by atoms with Gasteiger partial charge in [-0.1, -0.05) is 25.5 Å². The van der Waals surface area contributed by atoms with Crippen LogP contribution in [-0.2, 0) is 11.3 Å². The number of ether oxygens (including phenoxy) is 1. The van der Waals surface area contributed by atoms with Gasteiger partial charge in [0, 0.05) is 39.3 Å². The summed E-state index contributed by atoms with van der Waals surface area (Å²) in [6.45, 7) is 9.25. The van der Waals surface area contributed by atoms with Crippen LogP contribution in [0, 0.1) is 5.82 Å². The first kappa shape index (κ1) is 20.1. The van der Waals surface area contributed by atoms with Gasteiger partial charge in [-0.25, -0.2) is 4.39 Å². The predicted octanol–water partition coefficient (Wildman–Crippen LogP) is 3.02. The molecule has 1 aliphatic rings. The fourth-order valence-corrected chi connectivity index (χ4v) is 3.16. The fourth-order valence-electron chi connectivity index (χ4n) is 2.90. The average molecular weight is 368 g/mol. The van der Waals surface area contributed by atoms with Gasteiger partial charge in [0.25, 0.3) is 0 Å². The zero-order valence-electron chi connectivity index (χ0n) is 15.2. The van der Waals surface area contributed by atoms with E-state index in [0.29, 0.717) is 6.54 Å². The number of thiocarbonyl (C=S) groups is 1. The summed E-state index contributed by atoms with van der Waals surface area (Å²) >= 11 is 5.58. The maximum Gasteiger partial charge on any atom is 0.169 e. The van der Waals surface area contributed by atoms with Crippen LogP contribution in [0.1, 0.15) is 31.7 Å². The monoisotopic (exact) mass is 367 g/mol. The van der Waals surface area contributed by atoms with E-state index >= 15 is 0 Å². The van der Waals surface area contributed by atoms with E-state index in [0.717, 1.165) is 75.9 Å². The van der Waals surface area contributed by atoms with E-state index in [1.807, 2.05) is 6.07 Å². The highest BCUT2D eigenvalue weighted by Gasteiger charge is 2.13. The first-order valence-electron chi connectivity index (χ1n) is 9.26. The second kappa shape index (κ2) is 11.4. The molecule has 1 aliphatic heterocycles. The van der Waals surface area contributed by atoms with Crippen LogP contribution in [0.2, 0.25) is 0 Å². The molecule has 1 aromatic rings. The molecule has 6 heteroatoms. The second-order valence-corrected chi connectivity index (χ2v) is 6.83. The molecular formula is C19H30FN3OS. The van der Waals surface area contributed by atoms with Crippen LogP contribution in [-0.4, -0.2) is 60.8 Å². The van der Waals surface area contributed by atoms with Gasteiger partial charge in [0.1, 0.15) is 5.82 Å². The summed E-state index contributed by atoms with van der Waals surface area (Å²) in [4.78, 5) is 4.58. The number of unbranched alkanes of at least 4 members (excludes halogenated alkanes) is 1. The average Bonchev–Trinajstić information content (AvgIpc) is 2.62. The van der Waals surface area contributed by atoms with Crippen molar-refractivity contribution in [1.82, 2.24) is 15.1 Å². The van der Waals surface area contributed by atoms with Gasteiger partial charge in [-0.15, -0.1) is 0 Å². The van der Waals surface area contributed by atoms with E-state index in [1.54, 1.807) is 12.1 Å². The summed E-state index contributed by atoms with van der Waals surface area (Å²) in [6.07, 6.45) is 3.27. The Kier molecular flexibility index (Phi) is 9.15. The van der Waals surface area contributed by atoms with Crippen LogP contribution in [0.25, 0.3) is 0 Å². The summed E-state index contributed by atoms with van der Waals surface area (Å²) in [5.74, 6) is -0.198. The molecule has 0 amide bonds. The third-order valence-corrected chi connectivity index (χ3v) is 4.76. The molecule has 0 radical (unpaired) electrons. The second-order valence-electron chi connectivity index (χ2n) is 6.44. The number of hydrogen-bond donors (Lipinski definition) is 1. The Bertz CT molecular complexity index is 523. The van der Waals surface area contributed by atoms with Gasteiger partial charge in [-0.2, -0.15) is 0 Å². The summed E-state index contributed by atoms with van der Waals surface area (Å²) < 4.78 is 18.9. The maximum atomic E-state index is 13.5. The zero-order chi connectivity index (χ0) is 17.9. The zero-order valence-corrected chi connectivity index (χ0v) is 16.0. The molecule has 1 N–H and O–H groups in total. The highest BCUT2D eigenvalue weighted by atomic mass is 32.1. The van der Waals surface area contributed by atoms with Crippen molar-refractivity contribution in [3.63, 3.8) is 0 Å². The standard InChI is InChI=1S/C19H30FN3OS/c1-2-3-8-21-19(25)23(16-17-6-4-7-18(20)15-17)10-5-9-22-11-13-24-14-12-22/h4,6-7,15H,2-3,5,8-14,16H2,1H3,(H,21,25). The van der Waals surface area contributed by atoms with Crippen molar-refractivity contribution in [2.75, 3.05) is 45.9 Å². The molecular weight excluding hydrogens is 337 g/mol. The van der Waals surface area contributed by atoms with Gasteiger partial charge in [-0.3, -0.25) is 4.90 Å². The lowest BCUT2D eigenvalue weighted by molar-refractivity contribution is 0.0367. The van der Waals surface area contributed by atoms with Crippen molar-refractivity contribution < 1.29 is 9.13 Å². The molecule has 1 aromatic carbocycles. The molecule has 0 unspecified atom stereocenters. The van der Waals surface area contributed by atoms with Gasteiger partial charge >= 0.3 is 0 Å². The van der Waals surface area contributed by atoms with Gasteiger partial charge in [0.15, 0.2) is 5.11 Å². The van der Waals surface area contributed by atoms with Crippen LogP contribution in [0.5, 0.6) is 0 Å². The molecule has 0 spiro atoms. The fraction of sp³-hybridized carbons (Fsp3) is 0.632. The van der Waals surface area contributed by atoms with Crippen molar-refractivity contribution in [2.24, 2.45) is 0 Å². The number of nitrogens with one attached hydrogen (secondary N) is 1. The Hall–Kier alpha value is -1.24. The van der Waals surface area contributed by atoms with E-state index < -0.39 is 0 Å². The SMILES string of the molecule is CCCCNC(=S)N(CCCN1CCOCC1)Cc1cccc(F)c1. The molecule has 1 saturated heterocycles. The Morgan fingerprint density at radius 1 is 1.32 bits per heavy atom. The van der Waals surface area contributed by atoms with Crippen molar-refractivity contribution in [3.8, 4) is 0 Å². The summed E-state index contributed by atoms with van der Waals surface area (Å²) in [5.41, 5.74) is 0.950. The first-order valence-corrected chi connectivity index (χ1v) is 9.67. The van der Waals surface area contributed by atoms with Crippen molar-refractivity contribution in [2.45, 2.75) is 32.7 Å². The topological polar surface area (TPSA) is 27.7 Å². The predicted molar refractivity (Wildman–Crippen MR) is 104 cm³/mol. The van der Waals surface area contributed by atoms with Crippen molar-refractivity contribution in [3.05, 3.63) is 35.6 Å². The number of halogens is 1. The van der Waals surface area contributed by atoms with Gasteiger partial charge in [0.2, 0.25) is 0 Å². The first-order chi connectivity index (χ1) is 12.2. The van der Waals surface area contributed by atoms with E-state index in [4.69, 9.17) is 17.0 Å². The minimum atomic E-state index is -0.198. The summed E-state index contributed by atoms with van der Waals surface area (Å²) in [5, 5.41) is 4.10. The molecule has 2 rings (SSSR count). The molecule has 140 valence electrons. The normalized spacial score (nSPS) is 15.1. The number of nitrogens with zero attached hydrogens (tertiary/aromatic N) is 2. The van der Waals surface area contributed by atoms with Crippen LogP contribution >= 0.6 is 12.2 Å². The van der Waals surface area contributed by atoms with E-state index in [1.165, 1.54) is 6.07 Å². The molecule has 1 heterocycles. The van der Waals surface area contributed by atoms with E-state index in [2.05, 4.69) is 22.0 Å². The highest BCUT2D eigenvalue weighted by molar-refractivity contribution is 7.80. The Morgan fingerprint density at radius 3 is 2.84 bits per heavy atom. The minimum Gasteiger partial charge on any atom is -0.379 e. The van der Waals surface area contributed by atoms with Crippen LogP contribution in [0.4, 0.5) is 4.39 Å². The summed E-state index contributed by atoms with van der Waals surface area (Å²) in [6, 6.07) is 6.77. The third-order valence-electron chi connectivity index (χ3n) is 4.36. The lowest BCUT2D eigenvalue weighted by atomic mass is 10.2. The largest absolute Gasteiger partial charge is 0.379 e. The van der Waals surface area contributed by atoms with Gasteiger partial charge in [0.05, 0.1) is 13.2 Å². The number of rotatable bonds is 9. The van der Waals surface area contributed by atoms with Crippen molar-refractivity contribution in [1.29, 1.82) is 0 Å². The van der Waals surface area contributed by atoms with Crippen LogP contribution in [0.3, 0.4) is 0 Å². The maximum absolute atomic E-state index is 13.5. The third kappa shape index (κ3) is 7.67. The Balaban J connectivity index is 1.87. The van der Waals surface area contributed by atoms with Crippen LogP contribution < -0.4 is 5.32 Å². The Labute approximate surface area is 156 Å². The molecule has 25 heavy (non-hydrogen) atoms. The van der Waals surface area contributed by atoms with E-state index in [9.17, 15) is 4.39 Å². The van der Waals surface area contributed by atoms with Crippen LogP contribution in [0.15, 0.2) is 24.3 Å². The lowest BCUT2D eigenvalue weighted by Gasteiger charge is -2.29. The number of morpholine rings is 1. The molecule has 0 bridgehead atoms. The number of hydrogen-bond acceptors (Lipinski definition) is 3. The van der Waals surface area contributed by atoms with Gasteiger partial charge in [-0.05, 0) is 42.8 Å². The molecule has 1 fully saturated rings. The van der Waals surface area contributed by atoms with Gasteiger partial charge < -0.3 is 15.0 Å². The minimum absolute atomic E-state index is 0.198. The molecule has 0 saturated carbocycles. The quantitative estimate of drug-likeness (QED) is 0.535. The molecule has 0 aliphatic carbocycles. The molecule has 4 nitrogen and oxygen atoms in total. The summed E-state index contributed by atoms with van der Waals surface area (Å²) in [7, 11) is 0. The number of benzene rings is 1. The smallest absolute Gasteiger partial charge is 0.169 e. The molecule has 0 aromatic heterocycles. The van der Waals surface area contributed by atoms with E-state index in [-0.39, 0.29) is 5.82 Å².